The van der Waals surface area contributed by atoms with E-state index in [2.05, 4.69) is 11.4 Å². The van der Waals surface area contributed by atoms with E-state index < -0.39 is 16.1 Å². The van der Waals surface area contributed by atoms with E-state index in [4.69, 9.17) is 0 Å². The van der Waals surface area contributed by atoms with Crippen LogP contribution in [0.4, 0.5) is 0 Å². The van der Waals surface area contributed by atoms with Gasteiger partial charge in [0.05, 0.1) is 5.75 Å². The molecule has 1 aromatic carbocycles. The quantitative estimate of drug-likeness (QED) is 0.777. The van der Waals surface area contributed by atoms with E-state index in [0.717, 1.165) is 30.4 Å². The van der Waals surface area contributed by atoms with Crippen molar-refractivity contribution in [3.63, 3.8) is 0 Å². The molecule has 3 rings (SSSR count). The molecule has 1 atom stereocenters. The lowest BCUT2D eigenvalue weighted by atomic mass is 9.95. The normalized spacial score (nSPS) is 21.0. The van der Waals surface area contributed by atoms with Gasteiger partial charge in [-0.25, -0.2) is 8.42 Å². The molecule has 0 radical (unpaired) electrons. The average Bonchev–Trinajstić information content (AvgIpc) is 2.67. The number of carbonyl (C=O) groups is 1. The maximum atomic E-state index is 12.8. The molecule has 0 spiro atoms. The molecule has 0 fully saturated rings. The number of rotatable bonds is 6. The van der Waals surface area contributed by atoms with Crippen LogP contribution in [0.2, 0.25) is 0 Å². The topological polar surface area (TPSA) is 66.5 Å². The second-order valence-electron chi connectivity index (χ2n) is 7.08. The number of sulfonamides is 1. The molecule has 26 heavy (non-hydrogen) atoms. The van der Waals surface area contributed by atoms with Crippen LogP contribution in [0.25, 0.3) is 0 Å². The fraction of sp³-hybridized carbons (Fsp3) is 0.550. The lowest BCUT2D eigenvalue weighted by Crippen LogP contribution is -2.53. The van der Waals surface area contributed by atoms with Crippen molar-refractivity contribution in [3.8, 4) is 0 Å². The molecule has 0 aromatic heterocycles. The van der Waals surface area contributed by atoms with Crippen molar-refractivity contribution in [2.75, 3.05) is 12.3 Å². The van der Waals surface area contributed by atoms with Crippen molar-refractivity contribution in [2.45, 2.75) is 58.0 Å². The van der Waals surface area contributed by atoms with Crippen LogP contribution in [0, 0.1) is 0 Å². The summed E-state index contributed by atoms with van der Waals surface area (Å²) < 4.78 is 26.5. The number of benzene rings is 1. The van der Waals surface area contributed by atoms with Gasteiger partial charge < -0.3 is 5.32 Å². The Hall–Kier alpha value is -1.66. The highest BCUT2D eigenvalue weighted by Gasteiger charge is 2.37. The van der Waals surface area contributed by atoms with Crippen molar-refractivity contribution in [3.05, 3.63) is 47.0 Å². The number of hydrogen-bond donors (Lipinski definition) is 1. The van der Waals surface area contributed by atoms with Gasteiger partial charge in [-0.2, -0.15) is 4.31 Å². The predicted octanol–water partition coefficient (Wildman–Crippen LogP) is 2.77. The Labute approximate surface area is 156 Å². The highest BCUT2D eigenvalue weighted by Crippen LogP contribution is 2.26. The Balaban J connectivity index is 1.70. The molecule has 1 N–H and O–H groups in total. The van der Waals surface area contributed by atoms with Crippen molar-refractivity contribution in [1.82, 2.24) is 9.62 Å². The first kappa shape index (κ1) is 19.1. The second kappa shape index (κ2) is 8.35. The zero-order chi connectivity index (χ0) is 18.6. The minimum absolute atomic E-state index is 0.00579. The zero-order valence-electron chi connectivity index (χ0n) is 15.4. The summed E-state index contributed by atoms with van der Waals surface area (Å²) in [6.45, 7) is 2.47. The molecule has 142 valence electrons. The number of nitrogens with one attached hydrogen (secondary N) is 1. The maximum absolute atomic E-state index is 12.8. The molecular weight excluding hydrogens is 348 g/mol. The third kappa shape index (κ3) is 4.35. The summed E-state index contributed by atoms with van der Waals surface area (Å²) >= 11 is 0. The average molecular weight is 377 g/mol. The molecule has 0 bridgehead atoms. The van der Waals surface area contributed by atoms with Crippen LogP contribution in [-0.2, 0) is 27.8 Å². The van der Waals surface area contributed by atoms with Crippen molar-refractivity contribution < 1.29 is 13.2 Å². The molecular formula is C20H28N2O3S. The molecule has 1 aromatic rings. The summed E-state index contributed by atoms with van der Waals surface area (Å²) in [5.41, 5.74) is 3.45. The molecule has 2 aliphatic rings. The number of allylic oxidation sites excluding steroid dienone is 1. The molecule has 0 saturated carbocycles. The van der Waals surface area contributed by atoms with E-state index in [1.54, 1.807) is 6.92 Å². The number of hydrogen-bond acceptors (Lipinski definition) is 3. The smallest absolute Gasteiger partial charge is 0.238 e. The van der Waals surface area contributed by atoms with Gasteiger partial charge in [0, 0.05) is 13.1 Å². The Morgan fingerprint density at radius 1 is 1.23 bits per heavy atom. The van der Waals surface area contributed by atoms with Crippen molar-refractivity contribution in [2.24, 2.45) is 0 Å². The third-order valence-corrected chi connectivity index (χ3v) is 7.19. The Bertz CT molecular complexity index is 786. The highest BCUT2D eigenvalue weighted by atomic mass is 32.2. The van der Waals surface area contributed by atoms with Gasteiger partial charge in [0.25, 0.3) is 0 Å². The number of nitrogens with zero attached hydrogens (tertiary/aromatic N) is 1. The standard InChI is InChI=1S/C20H28N2O3S/c1-2-26(24,25)22-15-18-11-7-6-10-17(18)14-19(22)20(23)21-13-12-16-8-4-3-5-9-16/h6-8,10-11,19H,2-5,9,12-15H2,1H3,(H,21,23). The van der Waals surface area contributed by atoms with Gasteiger partial charge in [-0.1, -0.05) is 35.9 Å². The number of fused-ring (bicyclic) bond motifs is 1. The van der Waals surface area contributed by atoms with Crippen LogP contribution in [0.1, 0.15) is 50.2 Å². The molecule has 1 amide bonds. The lowest BCUT2D eigenvalue weighted by Gasteiger charge is -2.34. The minimum Gasteiger partial charge on any atom is -0.354 e. The zero-order valence-corrected chi connectivity index (χ0v) is 16.2. The summed E-state index contributed by atoms with van der Waals surface area (Å²) in [4.78, 5) is 12.8. The molecule has 1 aliphatic carbocycles. The summed E-state index contributed by atoms with van der Waals surface area (Å²) in [5, 5.41) is 2.97. The third-order valence-electron chi connectivity index (χ3n) is 5.36. The monoisotopic (exact) mass is 376 g/mol. The molecule has 1 unspecified atom stereocenters. The van der Waals surface area contributed by atoms with Gasteiger partial charge in [0.1, 0.15) is 6.04 Å². The van der Waals surface area contributed by atoms with Gasteiger partial charge in [-0.15, -0.1) is 0 Å². The van der Waals surface area contributed by atoms with Crippen LogP contribution < -0.4 is 5.32 Å². The second-order valence-corrected chi connectivity index (χ2v) is 9.29. The fourth-order valence-electron chi connectivity index (χ4n) is 3.78. The van der Waals surface area contributed by atoms with Crippen LogP contribution >= 0.6 is 0 Å². The summed E-state index contributed by atoms with van der Waals surface area (Å²) in [6.07, 6.45) is 8.29. The van der Waals surface area contributed by atoms with E-state index in [0.29, 0.717) is 13.0 Å². The first-order valence-electron chi connectivity index (χ1n) is 9.53. The SMILES string of the molecule is CCS(=O)(=O)N1Cc2ccccc2CC1C(=O)NCCC1=CCCCC1. The van der Waals surface area contributed by atoms with Gasteiger partial charge in [0.15, 0.2) is 0 Å². The maximum Gasteiger partial charge on any atom is 0.238 e. The number of carbonyl (C=O) groups excluding carboxylic acids is 1. The lowest BCUT2D eigenvalue weighted by molar-refractivity contribution is -0.125. The molecule has 1 aliphatic heterocycles. The van der Waals surface area contributed by atoms with E-state index >= 15 is 0 Å². The number of amides is 1. The summed E-state index contributed by atoms with van der Waals surface area (Å²) in [7, 11) is -3.44. The fourth-order valence-corrected chi connectivity index (χ4v) is 5.00. The van der Waals surface area contributed by atoms with Crippen LogP contribution in [0.5, 0.6) is 0 Å². The van der Waals surface area contributed by atoms with Crippen LogP contribution in [-0.4, -0.2) is 37.0 Å². The van der Waals surface area contributed by atoms with Gasteiger partial charge in [-0.05, 0) is 56.6 Å². The van der Waals surface area contributed by atoms with E-state index in [9.17, 15) is 13.2 Å². The van der Waals surface area contributed by atoms with Crippen LogP contribution in [0.15, 0.2) is 35.9 Å². The first-order chi connectivity index (χ1) is 12.5. The summed E-state index contributed by atoms with van der Waals surface area (Å²) in [6, 6.07) is 7.12. The predicted molar refractivity (Wildman–Crippen MR) is 103 cm³/mol. The highest BCUT2D eigenvalue weighted by molar-refractivity contribution is 7.89. The Morgan fingerprint density at radius 3 is 2.69 bits per heavy atom. The van der Waals surface area contributed by atoms with Gasteiger partial charge in [-0.3, -0.25) is 4.79 Å². The van der Waals surface area contributed by atoms with Crippen molar-refractivity contribution in [1.29, 1.82) is 0 Å². The molecule has 1 heterocycles. The van der Waals surface area contributed by atoms with Gasteiger partial charge >= 0.3 is 0 Å². The Kier molecular flexibility index (Phi) is 6.14. The summed E-state index contributed by atoms with van der Waals surface area (Å²) in [5.74, 6) is -0.181. The van der Waals surface area contributed by atoms with E-state index in [-0.39, 0.29) is 18.2 Å². The molecule has 0 saturated heterocycles. The molecule has 5 nitrogen and oxygen atoms in total. The van der Waals surface area contributed by atoms with E-state index in [1.807, 2.05) is 24.3 Å². The largest absolute Gasteiger partial charge is 0.354 e. The molecule has 6 heteroatoms. The minimum atomic E-state index is -3.44. The Morgan fingerprint density at radius 2 is 2.00 bits per heavy atom. The van der Waals surface area contributed by atoms with Crippen molar-refractivity contribution >= 4 is 15.9 Å². The van der Waals surface area contributed by atoms with Crippen LogP contribution in [0.3, 0.4) is 0 Å². The first-order valence-corrected chi connectivity index (χ1v) is 11.1. The van der Waals surface area contributed by atoms with Gasteiger partial charge in [0.2, 0.25) is 15.9 Å². The van der Waals surface area contributed by atoms with E-state index in [1.165, 1.54) is 22.7 Å².